The van der Waals surface area contributed by atoms with E-state index in [1.54, 1.807) is 13.8 Å². The topological polar surface area (TPSA) is 88.7 Å². The molecule has 0 spiro atoms. The highest BCUT2D eigenvalue weighted by atomic mass is 19.1. The van der Waals surface area contributed by atoms with Gasteiger partial charge in [0.25, 0.3) is 5.69 Å². The van der Waals surface area contributed by atoms with Crippen molar-refractivity contribution in [2.45, 2.75) is 20.3 Å². The highest BCUT2D eigenvalue weighted by Gasteiger charge is 2.23. The van der Waals surface area contributed by atoms with Gasteiger partial charge >= 0.3 is 0 Å². The van der Waals surface area contributed by atoms with Gasteiger partial charge in [-0.2, -0.15) is 0 Å². The number of piperazine rings is 1. The number of hydrogen-bond acceptors (Lipinski definition) is 7. The van der Waals surface area contributed by atoms with Gasteiger partial charge in [-0.25, -0.2) is 23.6 Å². The van der Waals surface area contributed by atoms with Gasteiger partial charge in [0.2, 0.25) is 11.8 Å². The Labute approximate surface area is 217 Å². The van der Waals surface area contributed by atoms with E-state index in [1.807, 2.05) is 24.3 Å². The first-order valence-corrected chi connectivity index (χ1v) is 12.2. The van der Waals surface area contributed by atoms with Gasteiger partial charge in [-0.15, -0.1) is 0 Å². The van der Waals surface area contributed by atoms with Crippen LogP contribution < -0.4 is 20.3 Å². The van der Waals surface area contributed by atoms with Crippen LogP contribution >= 0.6 is 0 Å². The van der Waals surface area contributed by atoms with Crippen LogP contribution in [0.4, 0.5) is 31.7 Å². The molecule has 1 fully saturated rings. The SMILES string of the molecule is [C-]#[N+]c1c(Nc2ccc(N3CCNCC3)cc2)ncnc1Oc1cc(F)c2c(cc(C)n2C(=O)CC)c1F. The molecular formula is C27H25F2N7O2. The molecule has 1 aliphatic rings. The van der Waals surface area contributed by atoms with Gasteiger partial charge in [-0.05, 0) is 37.3 Å². The van der Waals surface area contributed by atoms with E-state index in [-0.39, 0.29) is 40.6 Å². The Bertz CT molecular complexity index is 1550. The maximum atomic E-state index is 15.4. The van der Waals surface area contributed by atoms with Crippen LogP contribution in [-0.4, -0.2) is 46.6 Å². The lowest BCUT2D eigenvalue weighted by atomic mass is 10.2. The van der Waals surface area contributed by atoms with E-state index >= 15 is 8.78 Å². The van der Waals surface area contributed by atoms with E-state index in [1.165, 1.54) is 12.4 Å². The molecule has 0 atom stereocenters. The van der Waals surface area contributed by atoms with Crippen molar-refractivity contribution in [3.05, 3.63) is 71.5 Å². The zero-order valence-corrected chi connectivity index (χ0v) is 20.9. The van der Waals surface area contributed by atoms with Gasteiger partial charge in [0.15, 0.2) is 17.4 Å². The summed E-state index contributed by atoms with van der Waals surface area (Å²) in [6, 6.07) is 9.96. The number of halogens is 2. The molecule has 2 aromatic carbocycles. The Morgan fingerprint density at radius 3 is 2.61 bits per heavy atom. The molecule has 0 radical (unpaired) electrons. The Morgan fingerprint density at radius 2 is 1.92 bits per heavy atom. The van der Waals surface area contributed by atoms with Crippen molar-refractivity contribution in [1.82, 2.24) is 19.9 Å². The van der Waals surface area contributed by atoms with Crippen molar-refractivity contribution >= 4 is 39.7 Å². The van der Waals surface area contributed by atoms with Crippen molar-refractivity contribution in [1.29, 1.82) is 0 Å². The van der Waals surface area contributed by atoms with E-state index in [0.29, 0.717) is 11.4 Å². The average Bonchev–Trinajstić information content (AvgIpc) is 3.30. The van der Waals surface area contributed by atoms with Crippen LogP contribution in [-0.2, 0) is 0 Å². The number of aryl methyl sites for hydroxylation is 1. The number of aromatic nitrogens is 3. The van der Waals surface area contributed by atoms with E-state index < -0.39 is 17.4 Å². The molecule has 3 heterocycles. The smallest absolute Gasteiger partial charge is 0.288 e. The molecule has 0 unspecified atom stereocenters. The van der Waals surface area contributed by atoms with Crippen molar-refractivity contribution in [3.8, 4) is 11.6 Å². The summed E-state index contributed by atoms with van der Waals surface area (Å²) in [6.07, 6.45) is 1.31. The van der Waals surface area contributed by atoms with E-state index in [0.717, 1.165) is 42.5 Å². The summed E-state index contributed by atoms with van der Waals surface area (Å²) in [5.74, 6) is -2.56. The van der Waals surface area contributed by atoms with E-state index in [4.69, 9.17) is 11.3 Å². The van der Waals surface area contributed by atoms with Gasteiger partial charge < -0.3 is 20.3 Å². The molecule has 1 aliphatic heterocycles. The third kappa shape index (κ3) is 4.62. The summed E-state index contributed by atoms with van der Waals surface area (Å²) >= 11 is 0. The second kappa shape index (κ2) is 10.4. The van der Waals surface area contributed by atoms with Gasteiger partial charge in [-0.3, -0.25) is 9.36 Å². The van der Waals surface area contributed by atoms with Crippen LogP contribution in [0.5, 0.6) is 11.6 Å². The Balaban J connectivity index is 1.44. The minimum Gasteiger partial charge on any atom is -0.446 e. The molecule has 0 bridgehead atoms. The Hall–Kier alpha value is -4.56. The van der Waals surface area contributed by atoms with Crippen LogP contribution in [0.2, 0.25) is 0 Å². The Morgan fingerprint density at radius 1 is 1.18 bits per heavy atom. The first-order valence-electron chi connectivity index (χ1n) is 12.2. The number of fused-ring (bicyclic) bond motifs is 1. The Kier molecular flexibility index (Phi) is 6.89. The number of anilines is 3. The quantitative estimate of drug-likeness (QED) is 0.324. The summed E-state index contributed by atoms with van der Waals surface area (Å²) in [6.45, 7) is 14.6. The molecule has 1 saturated heterocycles. The molecule has 9 nitrogen and oxygen atoms in total. The number of benzene rings is 2. The summed E-state index contributed by atoms with van der Waals surface area (Å²) < 4.78 is 37.3. The lowest BCUT2D eigenvalue weighted by Crippen LogP contribution is -2.43. The van der Waals surface area contributed by atoms with Crippen LogP contribution in [0.1, 0.15) is 23.8 Å². The molecular weight excluding hydrogens is 492 g/mol. The number of rotatable bonds is 6. The number of ether oxygens (including phenoxy) is 1. The summed E-state index contributed by atoms with van der Waals surface area (Å²) in [7, 11) is 0. The normalized spacial score (nSPS) is 13.4. The number of nitrogens with one attached hydrogen (secondary N) is 2. The monoisotopic (exact) mass is 517 g/mol. The predicted molar refractivity (Wildman–Crippen MR) is 141 cm³/mol. The van der Waals surface area contributed by atoms with Gasteiger partial charge in [-0.1, -0.05) is 6.92 Å². The maximum absolute atomic E-state index is 15.4. The molecule has 11 heteroatoms. The van der Waals surface area contributed by atoms with Gasteiger partial charge in [0.05, 0.1) is 12.1 Å². The van der Waals surface area contributed by atoms with Crippen LogP contribution in [0.3, 0.4) is 0 Å². The average molecular weight is 518 g/mol. The summed E-state index contributed by atoms with van der Waals surface area (Å²) in [5.41, 5.74) is 1.94. The van der Waals surface area contributed by atoms with E-state index in [2.05, 4.69) is 30.3 Å². The minimum atomic E-state index is -0.861. The van der Waals surface area contributed by atoms with Crippen LogP contribution in [0.25, 0.3) is 15.7 Å². The molecule has 0 saturated carbocycles. The zero-order chi connectivity index (χ0) is 26.8. The van der Waals surface area contributed by atoms with Gasteiger partial charge in [0, 0.05) is 61.1 Å². The molecule has 0 amide bonds. The second-order valence-electron chi connectivity index (χ2n) is 8.80. The van der Waals surface area contributed by atoms with Crippen LogP contribution in [0.15, 0.2) is 42.7 Å². The maximum Gasteiger partial charge on any atom is 0.288 e. The number of carbonyl (C=O) groups excluding carboxylic acids is 1. The first kappa shape index (κ1) is 25.1. The second-order valence-corrected chi connectivity index (χ2v) is 8.80. The highest BCUT2D eigenvalue weighted by Crippen LogP contribution is 2.39. The number of carbonyl (C=O) groups is 1. The molecule has 2 aromatic heterocycles. The lowest BCUT2D eigenvalue weighted by Gasteiger charge is -2.29. The standard InChI is InChI=1S/C27H25F2N7O2/c1-4-22(37)36-16(2)13-19-23(29)21(14-20(28)25(19)36)38-27-24(30-3)26(32-15-33-27)34-17-5-7-18(8-6-17)35-11-9-31-10-12-35/h5-8,13-15,31H,4,9-12H2,1-2H3,(H,32,33,34). The molecule has 5 rings (SSSR count). The van der Waals surface area contributed by atoms with Crippen molar-refractivity contribution < 1.29 is 18.3 Å². The molecule has 4 aromatic rings. The van der Waals surface area contributed by atoms with Gasteiger partial charge in [0.1, 0.15) is 12.1 Å². The summed E-state index contributed by atoms with van der Waals surface area (Å²) in [4.78, 5) is 26.2. The largest absolute Gasteiger partial charge is 0.446 e. The number of hydrogen-bond donors (Lipinski definition) is 2. The third-order valence-electron chi connectivity index (χ3n) is 6.39. The number of nitrogens with zero attached hydrogens (tertiary/aromatic N) is 5. The van der Waals surface area contributed by atoms with E-state index in [9.17, 15) is 4.79 Å². The molecule has 194 valence electrons. The highest BCUT2D eigenvalue weighted by molar-refractivity contribution is 5.95. The lowest BCUT2D eigenvalue weighted by molar-refractivity contribution is 0.0911. The fraction of sp³-hybridized carbons (Fsp3) is 0.259. The fourth-order valence-corrected chi connectivity index (χ4v) is 4.52. The predicted octanol–water partition coefficient (Wildman–Crippen LogP) is 5.56. The third-order valence-corrected chi connectivity index (χ3v) is 6.39. The zero-order valence-electron chi connectivity index (χ0n) is 20.9. The molecule has 38 heavy (non-hydrogen) atoms. The molecule has 0 aliphatic carbocycles. The van der Waals surface area contributed by atoms with Crippen molar-refractivity contribution in [3.63, 3.8) is 0 Å². The first-order chi connectivity index (χ1) is 18.4. The molecule has 2 N–H and O–H groups in total. The fourth-order valence-electron chi connectivity index (χ4n) is 4.52. The van der Waals surface area contributed by atoms with Crippen LogP contribution in [0, 0.1) is 25.1 Å². The summed E-state index contributed by atoms with van der Waals surface area (Å²) in [5, 5.41) is 6.31. The minimum absolute atomic E-state index is 0.0894. The van der Waals surface area contributed by atoms with Crippen molar-refractivity contribution in [2.75, 3.05) is 36.4 Å². The van der Waals surface area contributed by atoms with Crippen molar-refractivity contribution in [2.24, 2.45) is 0 Å².